The van der Waals surface area contributed by atoms with E-state index in [1.807, 2.05) is 42.5 Å². The monoisotopic (exact) mass is 218 g/mol. The van der Waals surface area contributed by atoms with Crippen molar-refractivity contribution in [3.8, 4) is 0 Å². The number of amides is 1. The zero-order chi connectivity index (χ0) is 11.8. The minimum Gasteiger partial charge on any atom is -0.452 e. The van der Waals surface area contributed by atoms with E-state index in [0.29, 0.717) is 5.71 Å². The second kappa shape index (κ2) is 6.40. The summed E-state index contributed by atoms with van der Waals surface area (Å²) in [5.74, 6) is 0. The Labute approximate surface area is 94.6 Å². The van der Waals surface area contributed by atoms with E-state index in [2.05, 4.69) is 15.3 Å². The van der Waals surface area contributed by atoms with E-state index < -0.39 is 6.09 Å². The molecule has 1 N–H and O–H groups in total. The third-order valence-electron chi connectivity index (χ3n) is 1.83. The number of hydrogen-bond acceptors (Lipinski definition) is 3. The lowest BCUT2D eigenvalue weighted by atomic mass is 10.2. The molecule has 0 aromatic heterocycles. The van der Waals surface area contributed by atoms with Gasteiger partial charge in [-0.3, -0.25) is 0 Å². The zero-order valence-corrected chi connectivity index (χ0v) is 9.31. The fraction of sp³-hybridized carbons (Fsp3) is 0.167. The number of hydrazone groups is 1. The summed E-state index contributed by atoms with van der Waals surface area (Å²) < 4.78 is 4.38. The Bertz CT molecular complexity index is 397. The third-order valence-corrected chi connectivity index (χ3v) is 1.83. The lowest BCUT2D eigenvalue weighted by Gasteiger charge is -1.97. The lowest BCUT2D eigenvalue weighted by molar-refractivity contribution is 0.171. The van der Waals surface area contributed by atoms with Gasteiger partial charge in [-0.1, -0.05) is 36.4 Å². The van der Waals surface area contributed by atoms with Gasteiger partial charge < -0.3 is 4.74 Å². The van der Waals surface area contributed by atoms with E-state index in [4.69, 9.17) is 0 Å². The Morgan fingerprint density at radius 1 is 1.38 bits per heavy atom. The summed E-state index contributed by atoms with van der Waals surface area (Å²) >= 11 is 0. The van der Waals surface area contributed by atoms with Crippen LogP contribution in [0.25, 0.3) is 6.08 Å². The van der Waals surface area contributed by atoms with Crippen molar-refractivity contribution in [2.24, 2.45) is 5.10 Å². The predicted molar refractivity (Wildman–Crippen MR) is 64.1 cm³/mol. The van der Waals surface area contributed by atoms with Crippen molar-refractivity contribution in [1.29, 1.82) is 0 Å². The molecule has 0 bridgehead atoms. The molecule has 4 heteroatoms. The molecule has 0 unspecified atom stereocenters. The highest BCUT2D eigenvalue weighted by atomic mass is 16.5. The van der Waals surface area contributed by atoms with Gasteiger partial charge in [-0.05, 0) is 18.6 Å². The first-order valence-corrected chi connectivity index (χ1v) is 4.84. The fourth-order valence-corrected chi connectivity index (χ4v) is 0.998. The molecule has 0 atom stereocenters. The van der Waals surface area contributed by atoms with Crippen LogP contribution in [0.15, 0.2) is 41.5 Å². The molecule has 1 aromatic rings. The first-order chi connectivity index (χ1) is 7.72. The standard InChI is InChI=1S/C12H14N2O2/c1-10(13-14-12(15)16-2)8-9-11-6-4-3-5-7-11/h3-9H,1-2H3,(H,14,15)/b9-8?,13-10+. The van der Waals surface area contributed by atoms with Crippen LogP contribution >= 0.6 is 0 Å². The van der Waals surface area contributed by atoms with E-state index in [1.54, 1.807) is 6.92 Å². The molecule has 0 saturated heterocycles. The molecule has 0 fully saturated rings. The van der Waals surface area contributed by atoms with Gasteiger partial charge in [0.1, 0.15) is 0 Å². The number of hydrogen-bond donors (Lipinski definition) is 1. The maximum absolute atomic E-state index is 10.7. The van der Waals surface area contributed by atoms with Crippen LogP contribution in [0.2, 0.25) is 0 Å². The van der Waals surface area contributed by atoms with Gasteiger partial charge in [0.2, 0.25) is 0 Å². The molecule has 0 radical (unpaired) electrons. The Hall–Kier alpha value is -2.10. The molecule has 0 saturated carbocycles. The number of carbonyl (C=O) groups excluding carboxylic acids is 1. The van der Waals surface area contributed by atoms with Crippen molar-refractivity contribution in [1.82, 2.24) is 5.43 Å². The summed E-state index contributed by atoms with van der Waals surface area (Å²) in [4.78, 5) is 10.7. The van der Waals surface area contributed by atoms with Crippen LogP contribution in [0.4, 0.5) is 4.79 Å². The molecule has 16 heavy (non-hydrogen) atoms. The van der Waals surface area contributed by atoms with Crippen LogP contribution in [-0.4, -0.2) is 18.9 Å². The van der Waals surface area contributed by atoms with Gasteiger partial charge in [-0.15, -0.1) is 0 Å². The second-order valence-electron chi connectivity index (χ2n) is 3.10. The normalized spacial score (nSPS) is 11.5. The Morgan fingerprint density at radius 3 is 2.69 bits per heavy atom. The zero-order valence-electron chi connectivity index (χ0n) is 9.31. The maximum atomic E-state index is 10.7. The molecule has 1 rings (SSSR count). The van der Waals surface area contributed by atoms with Gasteiger partial charge in [0.15, 0.2) is 0 Å². The minimum atomic E-state index is -0.576. The van der Waals surface area contributed by atoms with E-state index in [1.165, 1.54) is 7.11 Å². The Morgan fingerprint density at radius 2 is 2.06 bits per heavy atom. The highest BCUT2D eigenvalue weighted by Gasteiger charge is 1.93. The smallest absolute Gasteiger partial charge is 0.427 e. The van der Waals surface area contributed by atoms with Crippen LogP contribution in [0.1, 0.15) is 12.5 Å². The Balaban J connectivity index is 2.54. The van der Waals surface area contributed by atoms with Gasteiger partial charge in [0.05, 0.1) is 12.8 Å². The first kappa shape index (κ1) is 12.0. The largest absolute Gasteiger partial charge is 0.452 e. The van der Waals surface area contributed by atoms with Crippen LogP contribution < -0.4 is 5.43 Å². The number of rotatable bonds is 3. The topological polar surface area (TPSA) is 50.7 Å². The van der Waals surface area contributed by atoms with E-state index in [0.717, 1.165) is 5.56 Å². The van der Waals surface area contributed by atoms with Crippen LogP contribution in [0.5, 0.6) is 0 Å². The molecule has 0 aliphatic heterocycles. The summed E-state index contributed by atoms with van der Waals surface area (Å²) in [5, 5.41) is 3.82. The number of benzene rings is 1. The molecule has 0 heterocycles. The summed E-state index contributed by atoms with van der Waals surface area (Å²) in [7, 11) is 1.29. The average Bonchev–Trinajstić information content (AvgIpc) is 2.34. The predicted octanol–water partition coefficient (Wildman–Crippen LogP) is 2.43. The lowest BCUT2D eigenvalue weighted by Crippen LogP contribution is -2.17. The average molecular weight is 218 g/mol. The molecule has 0 aliphatic carbocycles. The molecule has 0 aliphatic rings. The van der Waals surface area contributed by atoms with Crippen molar-refractivity contribution in [2.45, 2.75) is 6.92 Å². The fourth-order valence-electron chi connectivity index (χ4n) is 0.998. The van der Waals surface area contributed by atoms with Crippen LogP contribution in [-0.2, 0) is 4.74 Å². The highest BCUT2D eigenvalue weighted by Crippen LogP contribution is 2.00. The van der Waals surface area contributed by atoms with Gasteiger partial charge in [0.25, 0.3) is 0 Å². The number of methoxy groups -OCH3 is 1. The molecular formula is C12H14N2O2. The van der Waals surface area contributed by atoms with Crippen molar-refractivity contribution >= 4 is 17.9 Å². The van der Waals surface area contributed by atoms with Gasteiger partial charge in [0, 0.05) is 0 Å². The van der Waals surface area contributed by atoms with E-state index in [9.17, 15) is 4.79 Å². The molecular weight excluding hydrogens is 204 g/mol. The van der Waals surface area contributed by atoms with Crippen molar-refractivity contribution in [2.75, 3.05) is 7.11 Å². The summed E-state index contributed by atoms with van der Waals surface area (Å²) in [5.41, 5.74) is 4.01. The SMILES string of the molecule is COC(=O)N/N=C(\C)C=Cc1ccccc1. The van der Waals surface area contributed by atoms with Gasteiger partial charge in [-0.2, -0.15) is 5.10 Å². The van der Waals surface area contributed by atoms with Crippen LogP contribution in [0, 0.1) is 0 Å². The maximum Gasteiger partial charge on any atom is 0.427 e. The Kier molecular flexibility index (Phi) is 4.79. The highest BCUT2D eigenvalue weighted by molar-refractivity contribution is 5.96. The minimum absolute atomic E-state index is 0.576. The van der Waals surface area contributed by atoms with E-state index in [-0.39, 0.29) is 0 Å². The van der Waals surface area contributed by atoms with Crippen molar-refractivity contribution < 1.29 is 9.53 Å². The number of nitrogens with zero attached hydrogens (tertiary/aromatic N) is 1. The summed E-state index contributed by atoms with van der Waals surface area (Å²) in [6.07, 6.45) is 3.15. The van der Waals surface area contributed by atoms with Crippen LogP contribution in [0.3, 0.4) is 0 Å². The molecule has 4 nitrogen and oxygen atoms in total. The van der Waals surface area contributed by atoms with Crippen molar-refractivity contribution in [3.63, 3.8) is 0 Å². The van der Waals surface area contributed by atoms with E-state index >= 15 is 0 Å². The number of ether oxygens (including phenoxy) is 1. The number of allylic oxidation sites excluding steroid dienone is 1. The third kappa shape index (κ3) is 4.41. The van der Waals surface area contributed by atoms with Gasteiger partial charge in [-0.25, -0.2) is 10.2 Å². The molecule has 1 amide bonds. The summed E-state index contributed by atoms with van der Waals surface area (Å²) in [6, 6.07) is 9.84. The molecule has 0 spiro atoms. The number of nitrogens with one attached hydrogen (secondary N) is 1. The second-order valence-corrected chi connectivity index (χ2v) is 3.10. The summed E-state index contributed by atoms with van der Waals surface area (Å²) in [6.45, 7) is 1.79. The first-order valence-electron chi connectivity index (χ1n) is 4.84. The van der Waals surface area contributed by atoms with Crippen molar-refractivity contribution in [3.05, 3.63) is 42.0 Å². The molecule has 1 aromatic carbocycles. The van der Waals surface area contributed by atoms with Gasteiger partial charge >= 0.3 is 6.09 Å². The molecule has 84 valence electrons. The number of carbonyl (C=O) groups is 1. The quantitative estimate of drug-likeness (QED) is 0.625.